The van der Waals surface area contributed by atoms with Crippen molar-refractivity contribution in [3.63, 3.8) is 0 Å². The summed E-state index contributed by atoms with van der Waals surface area (Å²) in [6.07, 6.45) is 0.417. The Hall–Kier alpha value is -1.10. The molecule has 1 aromatic heterocycles. The summed E-state index contributed by atoms with van der Waals surface area (Å²) in [7, 11) is 0. The lowest BCUT2D eigenvalue weighted by molar-refractivity contribution is -0.137. The Bertz CT molecular complexity index is 403. The zero-order valence-corrected chi connectivity index (χ0v) is 10.4. The molecule has 1 aliphatic heterocycles. The van der Waals surface area contributed by atoms with Gasteiger partial charge >= 0.3 is 6.18 Å². The summed E-state index contributed by atoms with van der Waals surface area (Å²) in [6, 6.07) is 1.20. The van der Waals surface area contributed by atoms with E-state index in [2.05, 4.69) is 16.8 Å². The maximum atomic E-state index is 12.6. The summed E-state index contributed by atoms with van der Waals surface area (Å²) in [4.78, 5) is 5.89. The first kappa shape index (κ1) is 13.3. The van der Waals surface area contributed by atoms with E-state index in [-0.39, 0.29) is 0 Å². The zero-order valence-electron chi connectivity index (χ0n) is 10.4. The summed E-state index contributed by atoms with van der Waals surface area (Å²) < 4.78 is 37.7. The van der Waals surface area contributed by atoms with Crippen LogP contribution in [-0.4, -0.2) is 23.0 Å². The van der Waals surface area contributed by atoms with E-state index < -0.39 is 11.7 Å². The summed E-state index contributed by atoms with van der Waals surface area (Å²) in [5, 5.41) is 0. The van der Waals surface area contributed by atoms with Gasteiger partial charge in [0, 0.05) is 25.5 Å². The van der Waals surface area contributed by atoms with Gasteiger partial charge in [0.1, 0.15) is 0 Å². The predicted octanol–water partition coefficient (Wildman–Crippen LogP) is 3.33. The van der Waals surface area contributed by atoms with Crippen molar-refractivity contribution in [2.75, 3.05) is 13.1 Å². The van der Waals surface area contributed by atoms with Crippen molar-refractivity contribution in [1.82, 2.24) is 9.88 Å². The van der Waals surface area contributed by atoms with Crippen LogP contribution in [0.2, 0.25) is 0 Å². The topological polar surface area (TPSA) is 16.1 Å². The number of likely N-dealkylation sites (tertiary alicyclic amines) is 1. The van der Waals surface area contributed by atoms with Crippen LogP contribution >= 0.6 is 0 Å². The SMILES string of the molecule is C[C@H]1CCCN(Cc2cncc(C(F)(F)F)c2)C1. The molecular weight excluding hydrogens is 241 g/mol. The smallest absolute Gasteiger partial charge is 0.299 e. The van der Waals surface area contributed by atoms with Gasteiger partial charge in [-0.1, -0.05) is 6.92 Å². The van der Waals surface area contributed by atoms with E-state index in [0.29, 0.717) is 18.0 Å². The first-order valence-corrected chi connectivity index (χ1v) is 6.18. The lowest BCUT2D eigenvalue weighted by atomic mass is 10.00. The first-order valence-electron chi connectivity index (χ1n) is 6.18. The molecule has 1 fully saturated rings. The number of hydrogen-bond acceptors (Lipinski definition) is 2. The maximum absolute atomic E-state index is 12.6. The third-order valence-electron chi connectivity index (χ3n) is 3.27. The molecule has 2 rings (SSSR count). The zero-order chi connectivity index (χ0) is 13.2. The molecule has 18 heavy (non-hydrogen) atoms. The number of piperidine rings is 1. The van der Waals surface area contributed by atoms with E-state index in [4.69, 9.17) is 0 Å². The van der Waals surface area contributed by atoms with Gasteiger partial charge in [-0.15, -0.1) is 0 Å². The first-order chi connectivity index (χ1) is 8.45. The Labute approximate surface area is 105 Å². The molecule has 0 N–H and O–H groups in total. The predicted molar refractivity (Wildman–Crippen MR) is 62.9 cm³/mol. The van der Waals surface area contributed by atoms with Gasteiger partial charge in [-0.25, -0.2) is 0 Å². The lowest BCUT2D eigenvalue weighted by Crippen LogP contribution is -2.33. The second-order valence-electron chi connectivity index (χ2n) is 5.06. The van der Waals surface area contributed by atoms with Gasteiger partial charge in [-0.05, 0) is 36.9 Å². The van der Waals surface area contributed by atoms with Gasteiger partial charge in [-0.2, -0.15) is 13.2 Å². The molecule has 100 valence electrons. The molecule has 1 aromatic rings. The largest absolute Gasteiger partial charge is 0.417 e. The summed E-state index contributed by atoms with van der Waals surface area (Å²) in [5.74, 6) is 0.623. The molecule has 0 aliphatic carbocycles. The Morgan fingerprint density at radius 2 is 2.17 bits per heavy atom. The highest BCUT2D eigenvalue weighted by molar-refractivity contribution is 5.20. The Balaban J connectivity index is 2.05. The maximum Gasteiger partial charge on any atom is 0.417 e. The molecule has 0 bridgehead atoms. The van der Waals surface area contributed by atoms with E-state index in [0.717, 1.165) is 25.7 Å². The highest BCUT2D eigenvalue weighted by Crippen LogP contribution is 2.29. The Kier molecular flexibility index (Phi) is 3.90. The van der Waals surface area contributed by atoms with Crippen LogP contribution in [0.25, 0.3) is 0 Å². The minimum Gasteiger partial charge on any atom is -0.299 e. The number of nitrogens with zero attached hydrogens (tertiary/aromatic N) is 2. The van der Waals surface area contributed by atoms with Crippen LogP contribution in [0.4, 0.5) is 13.2 Å². The summed E-state index contributed by atoms with van der Waals surface area (Å²) in [6.45, 7) is 4.65. The fourth-order valence-corrected chi connectivity index (χ4v) is 2.42. The van der Waals surface area contributed by atoms with Crippen LogP contribution in [0.3, 0.4) is 0 Å². The summed E-state index contributed by atoms with van der Waals surface area (Å²) >= 11 is 0. The molecule has 1 aliphatic rings. The van der Waals surface area contributed by atoms with Crippen molar-refractivity contribution in [2.45, 2.75) is 32.5 Å². The average molecular weight is 258 g/mol. The minimum absolute atomic E-state index is 0.557. The van der Waals surface area contributed by atoms with Gasteiger partial charge in [-0.3, -0.25) is 9.88 Å². The minimum atomic E-state index is -4.31. The molecule has 2 nitrogen and oxygen atoms in total. The highest BCUT2D eigenvalue weighted by atomic mass is 19.4. The molecule has 1 saturated heterocycles. The second kappa shape index (κ2) is 5.26. The molecule has 0 amide bonds. The molecular formula is C13H17F3N2. The van der Waals surface area contributed by atoms with Crippen molar-refractivity contribution in [3.8, 4) is 0 Å². The van der Waals surface area contributed by atoms with Crippen LogP contribution in [0, 0.1) is 5.92 Å². The molecule has 0 aromatic carbocycles. The van der Waals surface area contributed by atoms with Crippen LogP contribution in [0.15, 0.2) is 18.5 Å². The number of aromatic nitrogens is 1. The molecule has 0 radical (unpaired) electrons. The van der Waals surface area contributed by atoms with Gasteiger partial charge < -0.3 is 0 Å². The molecule has 2 heterocycles. The third kappa shape index (κ3) is 3.45. The van der Waals surface area contributed by atoms with E-state index in [9.17, 15) is 13.2 Å². The lowest BCUT2D eigenvalue weighted by Gasteiger charge is -2.30. The van der Waals surface area contributed by atoms with Crippen molar-refractivity contribution in [2.24, 2.45) is 5.92 Å². The van der Waals surface area contributed by atoms with Gasteiger partial charge in [0.05, 0.1) is 5.56 Å². The van der Waals surface area contributed by atoms with Gasteiger partial charge in [0.15, 0.2) is 0 Å². The molecule has 0 saturated carbocycles. The molecule has 5 heteroatoms. The Morgan fingerprint density at radius 1 is 1.39 bits per heavy atom. The molecule has 0 unspecified atom stereocenters. The second-order valence-corrected chi connectivity index (χ2v) is 5.06. The van der Waals surface area contributed by atoms with Crippen LogP contribution < -0.4 is 0 Å². The monoisotopic (exact) mass is 258 g/mol. The third-order valence-corrected chi connectivity index (χ3v) is 3.27. The van der Waals surface area contributed by atoms with Crippen LogP contribution in [0.1, 0.15) is 30.9 Å². The van der Waals surface area contributed by atoms with Crippen molar-refractivity contribution in [1.29, 1.82) is 0 Å². The van der Waals surface area contributed by atoms with Gasteiger partial charge in [0.2, 0.25) is 0 Å². The van der Waals surface area contributed by atoms with E-state index in [1.165, 1.54) is 18.7 Å². The highest BCUT2D eigenvalue weighted by Gasteiger charge is 2.31. The van der Waals surface area contributed by atoms with Crippen molar-refractivity contribution >= 4 is 0 Å². The molecule has 0 spiro atoms. The quantitative estimate of drug-likeness (QED) is 0.809. The summed E-state index contributed by atoms with van der Waals surface area (Å²) in [5.41, 5.74) is -0.0241. The van der Waals surface area contributed by atoms with E-state index in [1.807, 2.05) is 0 Å². The number of halogens is 3. The van der Waals surface area contributed by atoms with Crippen LogP contribution in [-0.2, 0) is 12.7 Å². The van der Waals surface area contributed by atoms with Crippen LogP contribution in [0.5, 0.6) is 0 Å². The van der Waals surface area contributed by atoms with Gasteiger partial charge in [0.25, 0.3) is 0 Å². The number of hydrogen-bond donors (Lipinski definition) is 0. The number of pyridine rings is 1. The standard InChI is InChI=1S/C13H17F3N2/c1-10-3-2-4-18(8-10)9-11-5-12(7-17-6-11)13(14,15)16/h5-7,10H,2-4,8-9H2,1H3/t10-/m0/s1. The fraction of sp³-hybridized carbons (Fsp3) is 0.615. The van der Waals surface area contributed by atoms with Crippen molar-refractivity contribution in [3.05, 3.63) is 29.6 Å². The normalized spacial score (nSPS) is 22.1. The number of rotatable bonds is 2. The fourth-order valence-electron chi connectivity index (χ4n) is 2.42. The molecule has 1 atom stereocenters. The van der Waals surface area contributed by atoms with E-state index in [1.54, 1.807) is 0 Å². The Morgan fingerprint density at radius 3 is 2.83 bits per heavy atom. The van der Waals surface area contributed by atoms with Crippen molar-refractivity contribution < 1.29 is 13.2 Å². The number of alkyl halides is 3. The van der Waals surface area contributed by atoms with E-state index >= 15 is 0 Å². The average Bonchev–Trinajstić information content (AvgIpc) is 2.28.